The van der Waals surface area contributed by atoms with Crippen LogP contribution in [0.4, 0.5) is 0 Å². The Morgan fingerprint density at radius 2 is 2.23 bits per heavy atom. The summed E-state index contributed by atoms with van der Waals surface area (Å²) < 4.78 is 0. The van der Waals surface area contributed by atoms with Crippen LogP contribution in [0.5, 0.6) is 0 Å². The summed E-state index contributed by atoms with van der Waals surface area (Å²) in [7, 11) is 0. The monoisotopic (exact) mass is 199 g/mol. The molecule has 0 saturated heterocycles. The molecule has 0 aromatic heterocycles. The lowest BCUT2D eigenvalue weighted by atomic mass is 10.4. The smallest absolute Gasteiger partial charge is 0.0979 e. The molecule has 0 aliphatic heterocycles. The first-order chi connectivity index (χ1) is 6.20. The third kappa shape index (κ3) is 7.81. The number of aliphatic imine (C=N–C) groups is 1. The quantitative estimate of drug-likeness (QED) is 0.419. The molecule has 0 amide bonds. The van der Waals surface area contributed by atoms with Gasteiger partial charge in [-0.05, 0) is 18.2 Å². The number of aliphatic hydroxyl groups is 1. The summed E-state index contributed by atoms with van der Waals surface area (Å²) in [6.07, 6.45) is 5.08. The van der Waals surface area contributed by atoms with Crippen LogP contribution in [0.3, 0.4) is 0 Å². The van der Waals surface area contributed by atoms with Crippen molar-refractivity contribution in [1.82, 2.24) is 0 Å². The Morgan fingerprint density at radius 3 is 2.69 bits per heavy atom. The normalized spacial score (nSPS) is 12.4. The van der Waals surface area contributed by atoms with Crippen molar-refractivity contribution in [3.63, 3.8) is 0 Å². The number of hydrogen-bond acceptors (Lipinski definition) is 3. The molecule has 2 nitrogen and oxygen atoms in total. The molecule has 0 radical (unpaired) electrons. The van der Waals surface area contributed by atoms with Gasteiger partial charge in [0.1, 0.15) is 0 Å². The van der Waals surface area contributed by atoms with Gasteiger partial charge in [-0.1, -0.05) is 37.4 Å². The molecule has 13 heavy (non-hydrogen) atoms. The number of aliphatic hydroxyl groups excluding tert-OH is 1. The highest BCUT2D eigenvalue weighted by Gasteiger charge is 1.96. The average molecular weight is 199 g/mol. The molecule has 0 aliphatic rings. The van der Waals surface area contributed by atoms with Crippen LogP contribution in [0.25, 0.3) is 0 Å². The Labute approximate surface area is 84.5 Å². The van der Waals surface area contributed by atoms with Gasteiger partial charge in [-0.3, -0.25) is 4.99 Å². The molecule has 0 bridgehead atoms. The molecule has 0 aromatic carbocycles. The van der Waals surface area contributed by atoms with Crippen LogP contribution in [-0.2, 0) is 0 Å². The Kier molecular flexibility index (Phi) is 7.74. The number of allylic oxidation sites excluding steroid dienone is 2. The molecule has 0 aliphatic carbocycles. The van der Waals surface area contributed by atoms with E-state index in [1.54, 1.807) is 0 Å². The molecule has 0 unspecified atom stereocenters. The summed E-state index contributed by atoms with van der Waals surface area (Å²) in [4.78, 5) is 5.15. The molecule has 0 aromatic rings. The van der Waals surface area contributed by atoms with Crippen molar-refractivity contribution in [2.45, 2.75) is 20.3 Å². The highest BCUT2D eigenvalue weighted by atomic mass is 32.2. The van der Waals surface area contributed by atoms with Crippen LogP contribution in [0.2, 0.25) is 0 Å². The molecule has 0 spiro atoms. The number of thioether (sulfide) groups is 1. The van der Waals surface area contributed by atoms with Crippen LogP contribution in [0.1, 0.15) is 20.3 Å². The van der Waals surface area contributed by atoms with Crippen molar-refractivity contribution < 1.29 is 5.11 Å². The van der Waals surface area contributed by atoms with E-state index in [4.69, 9.17) is 5.11 Å². The fourth-order valence-corrected chi connectivity index (χ4v) is 1.32. The van der Waals surface area contributed by atoms with Gasteiger partial charge < -0.3 is 5.11 Å². The predicted molar refractivity (Wildman–Crippen MR) is 61.2 cm³/mol. The Morgan fingerprint density at radius 1 is 1.54 bits per heavy atom. The SMILES string of the molecule is C=C(C)SC(CO)=NC/C=C\CC. The Balaban J connectivity index is 3.92. The average Bonchev–Trinajstić information content (AvgIpc) is 2.09. The minimum absolute atomic E-state index is 0.00249. The first-order valence-electron chi connectivity index (χ1n) is 4.33. The van der Waals surface area contributed by atoms with Crippen molar-refractivity contribution in [2.75, 3.05) is 13.2 Å². The Hall–Kier alpha value is -0.540. The number of rotatable bonds is 5. The van der Waals surface area contributed by atoms with Gasteiger partial charge in [0, 0.05) is 0 Å². The zero-order valence-electron chi connectivity index (χ0n) is 8.29. The first-order valence-corrected chi connectivity index (χ1v) is 5.14. The van der Waals surface area contributed by atoms with Crippen LogP contribution < -0.4 is 0 Å². The molecular formula is C10H17NOS. The standard InChI is InChI=1S/C10H17NOS/c1-4-5-6-7-11-10(8-12)13-9(2)3/h5-6,12H,2,4,7-8H2,1,3H3/b6-5-,11-10?. The first kappa shape index (κ1) is 12.5. The van der Waals surface area contributed by atoms with E-state index in [-0.39, 0.29) is 6.61 Å². The van der Waals surface area contributed by atoms with Crippen LogP contribution >= 0.6 is 11.8 Å². The second-order valence-corrected chi connectivity index (χ2v) is 3.95. The van der Waals surface area contributed by atoms with E-state index in [2.05, 4.69) is 24.6 Å². The van der Waals surface area contributed by atoms with Gasteiger partial charge in [0.25, 0.3) is 0 Å². The van der Waals surface area contributed by atoms with Crippen LogP contribution in [0, 0.1) is 0 Å². The number of hydrogen-bond donors (Lipinski definition) is 1. The van der Waals surface area contributed by atoms with Crippen molar-refractivity contribution in [3.8, 4) is 0 Å². The van der Waals surface area contributed by atoms with Crippen molar-refractivity contribution >= 4 is 16.8 Å². The second-order valence-electron chi connectivity index (χ2n) is 2.58. The van der Waals surface area contributed by atoms with E-state index in [1.165, 1.54) is 11.8 Å². The van der Waals surface area contributed by atoms with Crippen molar-refractivity contribution in [1.29, 1.82) is 0 Å². The van der Waals surface area contributed by atoms with Crippen LogP contribution in [-0.4, -0.2) is 23.3 Å². The maximum Gasteiger partial charge on any atom is 0.0979 e. The fraction of sp³-hybridized carbons (Fsp3) is 0.500. The van der Waals surface area contributed by atoms with E-state index in [0.717, 1.165) is 16.4 Å². The van der Waals surface area contributed by atoms with Gasteiger partial charge in [0.2, 0.25) is 0 Å². The summed E-state index contributed by atoms with van der Waals surface area (Å²) >= 11 is 1.43. The lowest BCUT2D eigenvalue weighted by Crippen LogP contribution is -1.99. The van der Waals surface area contributed by atoms with E-state index in [9.17, 15) is 0 Å². The maximum absolute atomic E-state index is 8.91. The third-order valence-electron chi connectivity index (χ3n) is 1.20. The van der Waals surface area contributed by atoms with Gasteiger partial charge in [0.05, 0.1) is 18.2 Å². The van der Waals surface area contributed by atoms with E-state index in [1.807, 2.05) is 13.0 Å². The highest BCUT2D eigenvalue weighted by molar-refractivity contribution is 8.17. The molecule has 0 heterocycles. The minimum Gasteiger partial charge on any atom is -0.389 e. The van der Waals surface area contributed by atoms with Gasteiger partial charge in [-0.15, -0.1) is 0 Å². The highest BCUT2D eigenvalue weighted by Crippen LogP contribution is 2.13. The van der Waals surface area contributed by atoms with Gasteiger partial charge >= 0.3 is 0 Å². The zero-order chi connectivity index (χ0) is 10.1. The second kappa shape index (κ2) is 8.08. The van der Waals surface area contributed by atoms with Gasteiger partial charge in [-0.25, -0.2) is 0 Å². The summed E-state index contributed by atoms with van der Waals surface area (Å²) in [6, 6.07) is 0. The lowest BCUT2D eigenvalue weighted by Gasteiger charge is -2.00. The minimum atomic E-state index is -0.00249. The Bertz CT molecular complexity index is 209. The molecule has 0 rings (SSSR count). The largest absolute Gasteiger partial charge is 0.389 e. The van der Waals surface area contributed by atoms with Gasteiger partial charge in [-0.2, -0.15) is 0 Å². The topological polar surface area (TPSA) is 32.6 Å². The molecular weight excluding hydrogens is 182 g/mol. The molecule has 0 fully saturated rings. The molecule has 3 heteroatoms. The maximum atomic E-state index is 8.91. The fourth-order valence-electron chi connectivity index (χ4n) is 0.711. The summed E-state index contributed by atoms with van der Waals surface area (Å²) in [5.41, 5.74) is 0. The number of nitrogens with zero attached hydrogens (tertiary/aromatic N) is 1. The summed E-state index contributed by atoms with van der Waals surface area (Å²) in [5, 5.41) is 9.64. The third-order valence-corrected chi connectivity index (χ3v) is 2.05. The molecule has 0 atom stereocenters. The van der Waals surface area contributed by atoms with Crippen LogP contribution in [0.15, 0.2) is 28.6 Å². The molecule has 74 valence electrons. The summed E-state index contributed by atoms with van der Waals surface area (Å²) in [5.74, 6) is 0. The van der Waals surface area contributed by atoms with E-state index < -0.39 is 0 Å². The molecule has 1 N–H and O–H groups in total. The summed E-state index contributed by atoms with van der Waals surface area (Å²) in [6.45, 7) is 8.36. The van der Waals surface area contributed by atoms with Crippen molar-refractivity contribution in [3.05, 3.63) is 23.6 Å². The predicted octanol–water partition coefficient (Wildman–Crippen LogP) is 2.61. The van der Waals surface area contributed by atoms with E-state index in [0.29, 0.717) is 6.54 Å². The molecule has 0 saturated carbocycles. The van der Waals surface area contributed by atoms with E-state index >= 15 is 0 Å². The van der Waals surface area contributed by atoms with Crippen molar-refractivity contribution in [2.24, 2.45) is 4.99 Å². The van der Waals surface area contributed by atoms with Gasteiger partial charge in [0.15, 0.2) is 0 Å². The zero-order valence-corrected chi connectivity index (χ0v) is 9.10. The lowest BCUT2D eigenvalue weighted by molar-refractivity contribution is 0.360.